The van der Waals surface area contributed by atoms with Crippen molar-refractivity contribution in [2.75, 3.05) is 5.32 Å². The first-order chi connectivity index (χ1) is 10.0. The number of aromatic carboxylic acids is 1. The van der Waals surface area contributed by atoms with E-state index in [1.54, 1.807) is 6.07 Å². The van der Waals surface area contributed by atoms with Gasteiger partial charge in [-0.3, -0.25) is 0 Å². The molecule has 1 unspecified atom stereocenters. The van der Waals surface area contributed by atoms with Gasteiger partial charge in [-0.25, -0.2) is 9.78 Å². The van der Waals surface area contributed by atoms with E-state index in [-0.39, 0.29) is 11.6 Å². The number of carbonyl (C=O) groups is 1. The summed E-state index contributed by atoms with van der Waals surface area (Å²) in [6.07, 6.45) is 2.87. The number of aryl methyl sites for hydroxylation is 3. The zero-order chi connectivity index (χ0) is 15.0. The Kier molecular flexibility index (Phi) is 3.41. The highest BCUT2D eigenvalue weighted by Crippen LogP contribution is 2.28. The quantitative estimate of drug-likeness (QED) is 0.901. The summed E-state index contributed by atoms with van der Waals surface area (Å²) in [5.41, 5.74) is 2.29. The molecule has 0 fully saturated rings. The number of hydrogen-bond donors (Lipinski definition) is 2. The molecule has 0 bridgehead atoms. The van der Waals surface area contributed by atoms with Gasteiger partial charge < -0.3 is 14.8 Å². The molecule has 2 heterocycles. The third-order valence-electron chi connectivity index (χ3n) is 3.82. The monoisotopic (exact) mass is 286 g/mol. The number of nitrogens with zero attached hydrogens (tertiary/aromatic N) is 1. The number of fused-ring (bicyclic) bond motifs is 1. The van der Waals surface area contributed by atoms with Crippen molar-refractivity contribution in [1.82, 2.24) is 4.98 Å². The minimum atomic E-state index is -0.956. The van der Waals surface area contributed by atoms with Gasteiger partial charge in [0.2, 0.25) is 0 Å². The highest BCUT2D eigenvalue weighted by atomic mass is 16.4. The maximum absolute atomic E-state index is 11.4. The van der Waals surface area contributed by atoms with Gasteiger partial charge in [0.15, 0.2) is 0 Å². The van der Waals surface area contributed by atoms with Gasteiger partial charge in [-0.1, -0.05) is 0 Å². The summed E-state index contributed by atoms with van der Waals surface area (Å²) >= 11 is 0. The van der Waals surface area contributed by atoms with Gasteiger partial charge >= 0.3 is 5.97 Å². The van der Waals surface area contributed by atoms with E-state index in [4.69, 9.17) is 4.42 Å². The molecule has 0 amide bonds. The summed E-state index contributed by atoms with van der Waals surface area (Å²) in [4.78, 5) is 16.0. The first-order valence-electron chi connectivity index (χ1n) is 7.13. The topological polar surface area (TPSA) is 75.4 Å². The van der Waals surface area contributed by atoms with Crippen molar-refractivity contribution in [2.24, 2.45) is 0 Å². The molecule has 2 aromatic rings. The molecular weight excluding hydrogens is 268 g/mol. The van der Waals surface area contributed by atoms with Crippen LogP contribution in [0.4, 0.5) is 5.82 Å². The molecule has 0 spiro atoms. The molecule has 5 heteroatoms. The number of furan rings is 1. The molecule has 1 aliphatic carbocycles. The van der Waals surface area contributed by atoms with Crippen LogP contribution in [0, 0.1) is 6.92 Å². The number of pyridine rings is 1. The lowest BCUT2D eigenvalue weighted by atomic mass is 10.1. The second-order valence-electron chi connectivity index (χ2n) is 5.46. The predicted molar refractivity (Wildman–Crippen MR) is 78.7 cm³/mol. The molecule has 0 radical (unpaired) electrons. The van der Waals surface area contributed by atoms with E-state index in [2.05, 4.69) is 10.3 Å². The van der Waals surface area contributed by atoms with Gasteiger partial charge in [-0.15, -0.1) is 0 Å². The van der Waals surface area contributed by atoms with Gasteiger partial charge in [0, 0.05) is 5.69 Å². The molecule has 1 aliphatic rings. The third-order valence-corrected chi connectivity index (χ3v) is 3.82. The lowest BCUT2D eigenvalue weighted by Gasteiger charge is -2.15. The van der Waals surface area contributed by atoms with Crippen LogP contribution in [0.2, 0.25) is 0 Å². The number of rotatable bonds is 4. The van der Waals surface area contributed by atoms with Crippen LogP contribution in [0.5, 0.6) is 0 Å². The standard InChI is InChI=1S/C16H18N2O3/c1-9-6-7-14(21-9)10(2)17-15-12(16(19)20)8-11-4-3-5-13(11)18-15/h6-8,10H,3-5H2,1-2H3,(H,17,18)(H,19,20). The summed E-state index contributed by atoms with van der Waals surface area (Å²) in [5, 5.41) is 12.5. The van der Waals surface area contributed by atoms with Gasteiger partial charge in [-0.05, 0) is 56.9 Å². The third kappa shape index (κ3) is 2.63. The fourth-order valence-corrected chi connectivity index (χ4v) is 2.71. The van der Waals surface area contributed by atoms with Gasteiger partial charge in [0.25, 0.3) is 0 Å². The van der Waals surface area contributed by atoms with Crippen molar-refractivity contribution in [3.8, 4) is 0 Å². The van der Waals surface area contributed by atoms with Crippen molar-refractivity contribution >= 4 is 11.8 Å². The fourth-order valence-electron chi connectivity index (χ4n) is 2.71. The van der Waals surface area contributed by atoms with Crippen molar-refractivity contribution in [3.63, 3.8) is 0 Å². The van der Waals surface area contributed by atoms with E-state index < -0.39 is 5.97 Å². The molecule has 0 saturated heterocycles. The predicted octanol–water partition coefficient (Wildman–Crippen LogP) is 3.34. The Balaban J connectivity index is 1.92. The van der Waals surface area contributed by atoms with Crippen molar-refractivity contribution in [3.05, 3.63) is 46.5 Å². The van der Waals surface area contributed by atoms with Crippen molar-refractivity contribution in [1.29, 1.82) is 0 Å². The smallest absolute Gasteiger partial charge is 0.339 e. The maximum Gasteiger partial charge on any atom is 0.339 e. The van der Waals surface area contributed by atoms with Crippen LogP contribution < -0.4 is 5.32 Å². The molecule has 2 N–H and O–H groups in total. The molecule has 2 aromatic heterocycles. The second-order valence-corrected chi connectivity index (χ2v) is 5.46. The summed E-state index contributed by atoms with van der Waals surface area (Å²) < 4.78 is 5.57. The summed E-state index contributed by atoms with van der Waals surface area (Å²) in [6.45, 7) is 3.81. The summed E-state index contributed by atoms with van der Waals surface area (Å²) in [5.74, 6) is 1.07. The Hall–Kier alpha value is -2.30. The van der Waals surface area contributed by atoms with Gasteiger partial charge in [0.1, 0.15) is 22.9 Å². The number of carboxylic acids is 1. The maximum atomic E-state index is 11.4. The molecule has 21 heavy (non-hydrogen) atoms. The largest absolute Gasteiger partial charge is 0.478 e. The van der Waals surface area contributed by atoms with Crippen LogP contribution in [0.1, 0.15) is 52.5 Å². The van der Waals surface area contributed by atoms with E-state index in [0.717, 1.165) is 42.0 Å². The van der Waals surface area contributed by atoms with Crippen LogP contribution in [0.15, 0.2) is 22.6 Å². The van der Waals surface area contributed by atoms with Crippen molar-refractivity contribution < 1.29 is 14.3 Å². The zero-order valence-corrected chi connectivity index (χ0v) is 12.1. The van der Waals surface area contributed by atoms with E-state index >= 15 is 0 Å². The molecule has 0 aromatic carbocycles. The summed E-state index contributed by atoms with van der Waals surface area (Å²) in [6, 6.07) is 5.39. The normalized spacial score (nSPS) is 14.8. The van der Waals surface area contributed by atoms with Crippen LogP contribution >= 0.6 is 0 Å². The molecule has 110 valence electrons. The fraction of sp³-hybridized carbons (Fsp3) is 0.375. The molecule has 5 nitrogen and oxygen atoms in total. The SMILES string of the molecule is Cc1ccc(C(C)Nc2nc3c(cc2C(=O)O)CCC3)o1. The first-order valence-corrected chi connectivity index (χ1v) is 7.13. The zero-order valence-electron chi connectivity index (χ0n) is 12.1. The number of carboxylic acid groups (broad SMARTS) is 1. The first kappa shape index (κ1) is 13.7. The van der Waals surface area contributed by atoms with E-state index in [9.17, 15) is 9.90 Å². The van der Waals surface area contributed by atoms with E-state index in [0.29, 0.717) is 5.82 Å². The Morgan fingerprint density at radius 1 is 1.43 bits per heavy atom. The summed E-state index contributed by atoms with van der Waals surface area (Å²) in [7, 11) is 0. The van der Waals surface area contributed by atoms with Crippen LogP contribution in [0.3, 0.4) is 0 Å². The van der Waals surface area contributed by atoms with Crippen LogP contribution in [0.25, 0.3) is 0 Å². The lowest BCUT2D eigenvalue weighted by molar-refractivity contribution is 0.0697. The molecule has 1 atom stereocenters. The second kappa shape index (κ2) is 5.24. The van der Waals surface area contributed by atoms with Crippen molar-refractivity contribution in [2.45, 2.75) is 39.2 Å². The lowest BCUT2D eigenvalue weighted by Crippen LogP contribution is -2.13. The Morgan fingerprint density at radius 2 is 2.24 bits per heavy atom. The number of nitrogens with one attached hydrogen (secondary N) is 1. The minimum absolute atomic E-state index is 0.135. The van der Waals surface area contributed by atoms with E-state index in [1.165, 1.54) is 0 Å². The number of anilines is 1. The Morgan fingerprint density at radius 3 is 2.90 bits per heavy atom. The number of hydrogen-bond acceptors (Lipinski definition) is 4. The average molecular weight is 286 g/mol. The van der Waals surface area contributed by atoms with E-state index in [1.807, 2.05) is 26.0 Å². The van der Waals surface area contributed by atoms with Gasteiger partial charge in [-0.2, -0.15) is 0 Å². The Labute approximate surface area is 123 Å². The number of aromatic nitrogens is 1. The highest BCUT2D eigenvalue weighted by molar-refractivity contribution is 5.93. The average Bonchev–Trinajstić information content (AvgIpc) is 3.05. The molecule has 0 saturated carbocycles. The molecule has 3 rings (SSSR count). The van der Waals surface area contributed by atoms with Gasteiger partial charge in [0.05, 0.1) is 6.04 Å². The molecule has 0 aliphatic heterocycles. The minimum Gasteiger partial charge on any atom is -0.478 e. The van der Waals surface area contributed by atoms with Crippen LogP contribution in [-0.2, 0) is 12.8 Å². The highest BCUT2D eigenvalue weighted by Gasteiger charge is 2.21. The Bertz CT molecular complexity index is 691. The molecular formula is C16H18N2O3. The van der Waals surface area contributed by atoms with Crippen LogP contribution in [-0.4, -0.2) is 16.1 Å².